The van der Waals surface area contributed by atoms with Gasteiger partial charge in [0.25, 0.3) is 5.91 Å². The number of ether oxygens (including phenoxy) is 1. The van der Waals surface area contributed by atoms with Gasteiger partial charge in [0.1, 0.15) is 11.5 Å². The highest BCUT2D eigenvalue weighted by Gasteiger charge is 2.27. The van der Waals surface area contributed by atoms with Crippen LogP contribution in [0.15, 0.2) is 4.42 Å². The molecule has 4 nitrogen and oxygen atoms in total. The zero-order valence-electron chi connectivity index (χ0n) is 11.6. The van der Waals surface area contributed by atoms with Crippen molar-refractivity contribution in [2.45, 2.75) is 39.7 Å². The molecule has 1 aromatic heterocycles. The number of carbonyl (C=O) groups is 1. The van der Waals surface area contributed by atoms with Crippen LogP contribution in [0.2, 0.25) is 0 Å². The molecule has 100 valence electrons. The van der Waals surface area contributed by atoms with E-state index in [1.165, 1.54) is 0 Å². The van der Waals surface area contributed by atoms with Gasteiger partial charge in [-0.15, -0.1) is 0 Å². The third-order valence-corrected chi connectivity index (χ3v) is 3.84. The van der Waals surface area contributed by atoms with Gasteiger partial charge in [0.15, 0.2) is 0 Å². The molecule has 4 heteroatoms. The van der Waals surface area contributed by atoms with Crippen LogP contribution in [-0.4, -0.2) is 37.1 Å². The van der Waals surface area contributed by atoms with Crippen LogP contribution in [0.3, 0.4) is 0 Å². The summed E-state index contributed by atoms with van der Waals surface area (Å²) in [5.41, 5.74) is 1.70. The monoisotopic (exact) mass is 251 g/mol. The lowest BCUT2D eigenvalue weighted by Crippen LogP contribution is -2.40. The van der Waals surface area contributed by atoms with E-state index in [2.05, 4.69) is 0 Å². The minimum absolute atomic E-state index is 0.0939. The van der Waals surface area contributed by atoms with Crippen molar-refractivity contribution in [2.24, 2.45) is 0 Å². The molecule has 2 rings (SSSR count). The van der Waals surface area contributed by atoms with Crippen LogP contribution in [0.1, 0.15) is 40.3 Å². The molecule has 1 amide bonds. The standard InChI is InChI=1S/C14H21NO3/c1-9-10(2)18-11(3)13(9)14(16)15-7-5-12(17-4)6-8-15/h12H,5-8H2,1-4H3. The lowest BCUT2D eigenvalue weighted by atomic mass is 10.0. The predicted molar refractivity (Wildman–Crippen MR) is 68.9 cm³/mol. The maximum atomic E-state index is 12.5. The lowest BCUT2D eigenvalue weighted by molar-refractivity contribution is 0.0349. The smallest absolute Gasteiger partial charge is 0.257 e. The zero-order chi connectivity index (χ0) is 13.3. The molecule has 0 aliphatic carbocycles. The summed E-state index contributed by atoms with van der Waals surface area (Å²) in [6.07, 6.45) is 2.12. The van der Waals surface area contributed by atoms with Gasteiger partial charge >= 0.3 is 0 Å². The van der Waals surface area contributed by atoms with Crippen LogP contribution in [0, 0.1) is 20.8 Å². The minimum atomic E-state index is 0.0939. The van der Waals surface area contributed by atoms with E-state index in [1.807, 2.05) is 25.7 Å². The number of hydrogen-bond acceptors (Lipinski definition) is 3. The summed E-state index contributed by atoms with van der Waals surface area (Å²) in [5.74, 6) is 1.66. The fourth-order valence-corrected chi connectivity index (χ4v) is 2.56. The van der Waals surface area contributed by atoms with Crippen LogP contribution >= 0.6 is 0 Å². The second-order valence-corrected chi connectivity index (χ2v) is 4.94. The van der Waals surface area contributed by atoms with Gasteiger partial charge in [0.2, 0.25) is 0 Å². The summed E-state index contributed by atoms with van der Waals surface area (Å²) in [7, 11) is 1.73. The largest absolute Gasteiger partial charge is 0.466 e. The van der Waals surface area contributed by atoms with Crippen LogP contribution in [0.4, 0.5) is 0 Å². The van der Waals surface area contributed by atoms with Crippen LogP contribution < -0.4 is 0 Å². The molecular weight excluding hydrogens is 230 g/mol. The number of nitrogens with zero attached hydrogens (tertiary/aromatic N) is 1. The topological polar surface area (TPSA) is 42.7 Å². The Morgan fingerprint density at radius 3 is 2.28 bits per heavy atom. The number of piperidine rings is 1. The average Bonchev–Trinajstić information content (AvgIpc) is 2.63. The second kappa shape index (κ2) is 5.14. The van der Waals surface area contributed by atoms with Crippen LogP contribution in [0.25, 0.3) is 0 Å². The molecule has 0 unspecified atom stereocenters. The molecule has 1 saturated heterocycles. The van der Waals surface area contributed by atoms with Gasteiger partial charge in [-0.1, -0.05) is 0 Å². The first-order chi connectivity index (χ1) is 8.54. The lowest BCUT2D eigenvalue weighted by Gasteiger charge is -2.31. The molecule has 0 bridgehead atoms. The van der Waals surface area contributed by atoms with Crippen molar-refractivity contribution < 1.29 is 13.9 Å². The van der Waals surface area contributed by atoms with Gasteiger partial charge in [-0.2, -0.15) is 0 Å². The summed E-state index contributed by atoms with van der Waals surface area (Å²) >= 11 is 0. The minimum Gasteiger partial charge on any atom is -0.466 e. The number of rotatable bonds is 2. The third-order valence-electron chi connectivity index (χ3n) is 3.84. The Balaban J connectivity index is 2.13. The molecular formula is C14H21NO3. The van der Waals surface area contributed by atoms with Crippen LogP contribution in [-0.2, 0) is 4.74 Å². The Morgan fingerprint density at radius 1 is 1.22 bits per heavy atom. The predicted octanol–water partition coefficient (Wildman–Crippen LogP) is 2.46. The highest BCUT2D eigenvalue weighted by atomic mass is 16.5. The van der Waals surface area contributed by atoms with Gasteiger partial charge in [0, 0.05) is 25.8 Å². The van der Waals surface area contributed by atoms with E-state index in [1.54, 1.807) is 7.11 Å². The van der Waals surface area contributed by atoms with Crippen molar-refractivity contribution in [1.29, 1.82) is 0 Å². The number of methoxy groups -OCH3 is 1. The summed E-state index contributed by atoms with van der Waals surface area (Å²) in [4.78, 5) is 14.4. The van der Waals surface area contributed by atoms with Crippen molar-refractivity contribution in [3.63, 3.8) is 0 Å². The summed E-state index contributed by atoms with van der Waals surface area (Å²) in [6.45, 7) is 7.23. The molecule has 1 aliphatic rings. The van der Waals surface area contributed by atoms with Crippen molar-refractivity contribution in [1.82, 2.24) is 4.90 Å². The second-order valence-electron chi connectivity index (χ2n) is 4.94. The van der Waals surface area contributed by atoms with E-state index in [0.717, 1.165) is 48.6 Å². The Kier molecular flexibility index (Phi) is 3.76. The fourth-order valence-electron chi connectivity index (χ4n) is 2.56. The van der Waals surface area contributed by atoms with Gasteiger partial charge in [-0.25, -0.2) is 0 Å². The van der Waals surface area contributed by atoms with Gasteiger partial charge in [-0.05, 0) is 33.6 Å². The molecule has 0 spiro atoms. The first-order valence-electron chi connectivity index (χ1n) is 6.43. The van der Waals surface area contributed by atoms with E-state index in [0.29, 0.717) is 6.10 Å². The van der Waals surface area contributed by atoms with Crippen molar-refractivity contribution in [3.8, 4) is 0 Å². The number of amides is 1. The van der Waals surface area contributed by atoms with E-state index < -0.39 is 0 Å². The zero-order valence-corrected chi connectivity index (χ0v) is 11.6. The number of likely N-dealkylation sites (tertiary alicyclic amines) is 1. The molecule has 2 heterocycles. The molecule has 0 N–H and O–H groups in total. The number of furan rings is 1. The first kappa shape index (κ1) is 13.1. The average molecular weight is 251 g/mol. The summed E-state index contributed by atoms with van der Waals surface area (Å²) in [6, 6.07) is 0. The van der Waals surface area contributed by atoms with E-state index in [9.17, 15) is 4.79 Å². The van der Waals surface area contributed by atoms with Crippen molar-refractivity contribution in [3.05, 3.63) is 22.6 Å². The van der Waals surface area contributed by atoms with Gasteiger partial charge < -0.3 is 14.1 Å². The SMILES string of the molecule is COC1CCN(C(=O)c2c(C)oc(C)c2C)CC1. The maximum Gasteiger partial charge on any atom is 0.257 e. The number of aryl methyl sites for hydroxylation is 2. The Morgan fingerprint density at radius 2 is 1.83 bits per heavy atom. The van der Waals surface area contributed by atoms with Crippen LogP contribution in [0.5, 0.6) is 0 Å². The molecule has 0 aromatic carbocycles. The molecule has 0 radical (unpaired) electrons. The quantitative estimate of drug-likeness (QED) is 0.811. The van der Waals surface area contributed by atoms with Gasteiger partial charge in [0.05, 0.1) is 11.7 Å². The fraction of sp³-hybridized carbons (Fsp3) is 0.643. The summed E-state index contributed by atoms with van der Waals surface area (Å²) in [5, 5.41) is 0. The molecule has 18 heavy (non-hydrogen) atoms. The van der Waals surface area contributed by atoms with Crippen molar-refractivity contribution in [2.75, 3.05) is 20.2 Å². The van der Waals surface area contributed by atoms with E-state index >= 15 is 0 Å². The Bertz CT molecular complexity index is 442. The third kappa shape index (κ3) is 2.29. The molecule has 1 aromatic rings. The normalized spacial score (nSPS) is 17.2. The van der Waals surface area contributed by atoms with Crippen molar-refractivity contribution >= 4 is 5.91 Å². The summed E-state index contributed by atoms with van der Waals surface area (Å²) < 4.78 is 10.8. The number of hydrogen-bond donors (Lipinski definition) is 0. The number of carbonyl (C=O) groups excluding carboxylic acids is 1. The Labute approximate surface area is 108 Å². The highest BCUT2D eigenvalue weighted by molar-refractivity contribution is 5.96. The van der Waals surface area contributed by atoms with E-state index in [4.69, 9.17) is 9.15 Å². The highest BCUT2D eigenvalue weighted by Crippen LogP contribution is 2.24. The van der Waals surface area contributed by atoms with Gasteiger partial charge in [-0.3, -0.25) is 4.79 Å². The Hall–Kier alpha value is -1.29. The van der Waals surface area contributed by atoms with E-state index in [-0.39, 0.29) is 5.91 Å². The molecule has 0 saturated carbocycles. The first-order valence-corrected chi connectivity index (χ1v) is 6.43. The maximum absolute atomic E-state index is 12.5. The molecule has 1 aliphatic heterocycles. The molecule has 0 atom stereocenters. The molecule has 1 fully saturated rings.